The summed E-state index contributed by atoms with van der Waals surface area (Å²) in [5.74, 6) is 1.40. The van der Waals surface area contributed by atoms with Gasteiger partial charge < -0.3 is 20.7 Å². The minimum absolute atomic E-state index is 0. The normalized spacial score (nSPS) is 10.4. The van der Waals surface area contributed by atoms with Crippen molar-refractivity contribution in [3.05, 3.63) is 29.8 Å². The van der Waals surface area contributed by atoms with Gasteiger partial charge in [-0.05, 0) is 31.5 Å². The van der Waals surface area contributed by atoms with Gasteiger partial charge in [0, 0.05) is 13.1 Å². The van der Waals surface area contributed by atoms with Crippen molar-refractivity contribution in [2.45, 2.75) is 20.4 Å². The SMILES string of the molecule is CCNC(=O)CNC(=NCc1ccc(OC)cc1)NCC.I. The van der Waals surface area contributed by atoms with E-state index in [-0.39, 0.29) is 36.4 Å². The highest BCUT2D eigenvalue weighted by Crippen LogP contribution is 2.11. The molecule has 0 bridgehead atoms. The number of ether oxygens (including phenoxy) is 1. The lowest BCUT2D eigenvalue weighted by molar-refractivity contribution is -0.119. The Bertz CT molecular complexity index is 463. The fourth-order valence-electron chi connectivity index (χ4n) is 1.67. The number of guanidine groups is 1. The first-order chi connectivity index (χ1) is 10.2. The van der Waals surface area contributed by atoms with E-state index in [0.717, 1.165) is 17.9 Å². The molecule has 1 rings (SSSR count). The van der Waals surface area contributed by atoms with Crippen LogP contribution in [0.5, 0.6) is 5.75 Å². The van der Waals surface area contributed by atoms with E-state index in [1.54, 1.807) is 7.11 Å². The minimum atomic E-state index is -0.0486. The van der Waals surface area contributed by atoms with Gasteiger partial charge in [0.25, 0.3) is 0 Å². The molecule has 3 N–H and O–H groups in total. The number of likely N-dealkylation sites (N-methyl/N-ethyl adjacent to an activating group) is 1. The first-order valence-corrected chi connectivity index (χ1v) is 7.11. The van der Waals surface area contributed by atoms with Crippen LogP contribution >= 0.6 is 24.0 Å². The lowest BCUT2D eigenvalue weighted by Gasteiger charge is -2.11. The maximum Gasteiger partial charge on any atom is 0.239 e. The summed E-state index contributed by atoms with van der Waals surface area (Å²) < 4.78 is 5.12. The molecule has 0 aliphatic carbocycles. The Morgan fingerprint density at radius 1 is 1.09 bits per heavy atom. The largest absolute Gasteiger partial charge is 0.497 e. The van der Waals surface area contributed by atoms with Crippen LogP contribution in [0.25, 0.3) is 0 Å². The molecule has 1 aromatic rings. The number of carbonyl (C=O) groups is 1. The van der Waals surface area contributed by atoms with Gasteiger partial charge in [-0.2, -0.15) is 0 Å². The summed E-state index contributed by atoms with van der Waals surface area (Å²) in [5, 5.41) is 8.84. The van der Waals surface area contributed by atoms with Gasteiger partial charge in [-0.1, -0.05) is 12.1 Å². The van der Waals surface area contributed by atoms with Gasteiger partial charge in [0.05, 0.1) is 20.2 Å². The standard InChI is InChI=1S/C15H24N4O2.HI/c1-4-16-14(20)11-19-15(17-5-2)18-10-12-6-8-13(21-3)9-7-12;/h6-9H,4-5,10-11H2,1-3H3,(H,16,20)(H2,17,18,19);1H. The Morgan fingerprint density at radius 2 is 1.73 bits per heavy atom. The van der Waals surface area contributed by atoms with Crippen LogP contribution in [0, 0.1) is 0 Å². The summed E-state index contributed by atoms with van der Waals surface area (Å²) in [4.78, 5) is 15.9. The van der Waals surface area contributed by atoms with E-state index in [1.165, 1.54) is 0 Å². The van der Waals surface area contributed by atoms with Crippen LogP contribution in [0.1, 0.15) is 19.4 Å². The third-order valence-electron chi connectivity index (χ3n) is 2.71. The van der Waals surface area contributed by atoms with E-state index in [2.05, 4.69) is 20.9 Å². The van der Waals surface area contributed by atoms with Gasteiger partial charge in [-0.3, -0.25) is 4.79 Å². The Balaban J connectivity index is 0.00000441. The molecule has 6 nitrogen and oxygen atoms in total. The van der Waals surface area contributed by atoms with Crippen molar-refractivity contribution in [2.24, 2.45) is 4.99 Å². The van der Waals surface area contributed by atoms with Gasteiger partial charge in [-0.15, -0.1) is 24.0 Å². The molecule has 0 saturated carbocycles. The van der Waals surface area contributed by atoms with Crippen LogP contribution in [0.4, 0.5) is 0 Å². The molecule has 0 saturated heterocycles. The predicted molar refractivity (Wildman–Crippen MR) is 99.9 cm³/mol. The van der Waals surface area contributed by atoms with Crippen molar-refractivity contribution in [1.29, 1.82) is 0 Å². The van der Waals surface area contributed by atoms with Crippen molar-refractivity contribution in [1.82, 2.24) is 16.0 Å². The number of hydrogen-bond acceptors (Lipinski definition) is 3. The summed E-state index contributed by atoms with van der Waals surface area (Å²) in [6, 6.07) is 7.74. The van der Waals surface area contributed by atoms with E-state index in [1.807, 2.05) is 38.1 Å². The zero-order chi connectivity index (χ0) is 15.5. The Morgan fingerprint density at radius 3 is 2.27 bits per heavy atom. The third kappa shape index (κ3) is 8.06. The molecule has 22 heavy (non-hydrogen) atoms. The third-order valence-corrected chi connectivity index (χ3v) is 2.71. The van der Waals surface area contributed by atoms with Crippen LogP contribution in [0.3, 0.4) is 0 Å². The Kier molecular flexibility index (Phi) is 11.2. The molecule has 0 radical (unpaired) electrons. The van der Waals surface area contributed by atoms with Gasteiger partial charge in [-0.25, -0.2) is 4.99 Å². The van der Waals surface area contributed by atoms with Crippen molar-refractivity contribution < 1.29 is 9.53 Å². The number of rotatable bonds is 7. The average molecular weight is 420 g/mol. The van der Waals surface area contributed by atoms with Gasteiger partial charge >= 0.3 is 0 Å². The number of nitrogens with zero attached hydrogens (tertiary/aromatic N) is 1. The fourth-order valence-corrected chi connectivity index (χ4v) is 1.67. The number of aliphatic imine (C=N–C) groups is 1. The zero-order valence-electron chi connectivity index (χ0n) is 13.3. The van der Waals surface area contributed by atoms with Crippen LogP contribution in [-0.4, -0.2) is 38.6 Å². The maximum atomic E-state index is 11.4. The summed E-state index contributed by atoms with van der Waals surface area (Å²) in [6.07, 6.45) is 0. The summed E-state index contributed by atoms with van der Waals surface area (Å²) in [5.41, 5.74) is 1.08. The molecule has 0 aliphatic heterocycles. The summed E-state index contributed by atoms with van der Waals surface area (Å²) >= 11 is 0. The first-order valence-electron chi connectivity index (χ1n) is 7.11. The molecule has 0 atom stereocenters. The molecule has 1 amide bonds. The van der Waals surface area contributed by atoms with Gasteiger partial charge in [0.2, 0.25) is 5.91 Å². The van der Waals surface area contributed by atoms with Gasteiger partial charge in [0.1, 0.15) is 5.75 Å². The molecule has 0 unspecified atom stereocenters. The topological polar surface area (TPSA) is 74.8 Å². The van der Waals surface area contributed by atoms with Gasteiger partial charge in [0.15, 0.2) is 5.96 Å². The van der Waals surface area contributed by atoms with E-state index >= 15 is 0 Å². The average Bonchev–Trinajstić information content (AvgIpc) is 2.51. The van der Waals surface area contributed by atoms with E-state index in [0.29, 0.717) is 19.0 Å². The number of methoxy groups -OCH3 is 1. The first kappa shape index (κ1) is 20.5. The number of amides is 1. The fraction of sp³-hybridized carbons (Fsp3) is 0.467. The summed E-state index contributed by atoms with van der Waals surface area (Å²) in [7, 11) is 1.64. The molecular formula is C15H25IN4O2. The van der Waals surface area contributed by atoms with E-state index in [4.69, 9.17) is 4.74 Å². The highest BCUT2D eigenvalue weighted by atomic mass is 127. The molecule has 124 valence electrons. The number of halogens is 1. The van der Waals surface area contributed by atoms with Crippen molar-refractivity contribution in [3.63, 3.8) is 0 Å². The van der Waals surface area contributed by atoms with E-state index < -0.39 is 0 Å². The monoisotopic (exact) mass is 420 g/mol. The smallest absolute Gasteiger partial charge is 0.239 e. The lowest BCUT2D eigenvalue weighted by atomic mass is 10.2. The number of carbonyl (C=O) groups excluding carboxylic acids is 1. The van der Waals surface area contributed by atoms with Crippen molar-refractivity contribution in [3.8, 4) is 5.75 Å². The molecule has 0 heterocycles. The lowest BCUT2D eigenvalue weighted by Crippen LogP contribution is -2.43. The van der Waals surface area contributed by atoms with Crippen LogP contribution in [-0.2, 0) is 11.3 Å². The van der Waals surface area contributed by atoms with E-state index in [9.17, 15) is 4.79 Å². The second-order valence-corrected chi connectivity index (χ2v) is 4.35. The predicted octanol–water partition coefficient (Wildman–Crippen LogP) is 1.50. The summed E-state index contributed by atoms with van der Waals surface area (Å²) in [6.45, 7) is 5.98. The zero-order valence-corrected chi connectivity index (χ0v) is 15.6. The molecule has 0 aliphatic rings. The second kappa shape index (κ2) is 12.1. The highest BCUT2D eigenvalue weighted by Gasteiger charge is 2.02. The molecule has 0 aromatic heterocycles. The molecular weight excluding hydrogens is 395 g/mol. The number of benzene rings is 1. The Labute approximate surface area is 149 Å². The number of hydrogen-bond donors (Lipinski definition) is 3. The molecule has 1 aromatic carbocycles. The van der Waals surface area contributed by atoms with Crippen LogP contribution in [0.2, 0.25) is 0 Å². The van der Waals surface area contributed by atoms with Crippen molar-refractivity contribution in [2.75, 3.05) is 26.7 Å². The van der Waals surface area contributed by atoms with Crippen molar-refractivity contribution >= 4 is 35.8 Å². The molecule has 7 heteroatoms. The highest BCUT2D eigenvalue weighted by molar-refractivity contribution is 14.0. The molecule has 0 spiro atoms. The quantitative estimate of drug-likeness (QED) is 0.355. The van der Waals surface area contributed by atoms with Crippen LogP contribution in [0.15, 0.2) is 29.3 Å². The maximum absolute atomic E-state index is 11.4. The van der Waals surface area contributed by atoms with Crippen LogP contribution < -0.4 is 20.7 Å². The second-order valence-electron chi connectivity index (χ2n) is 4.35. The number of nitrogens with one attached hydrogen (secondary N) is 3. The minimum Gasteiger partial charge on any atom is -0.497 e. The Hall–Kier alpha value is -1.51. The molecule has 0 fully saturated rings.